The maximum Gasteiger partial charge on any atom is 0.390 e. The molecule has 1 unspecified atom stereocenters. The summed E-state index contributed by atoms with van der Waals surface area (Å²) in [6, 6.07) is -0.853. The van der Waals surface area contributed by atoms with Crippen molar-refractivity contribution in [3.63, 3.8) is 0 Å². The van der Waals surface area contributed by atoms with Gasteiger partial charge < -0.3 is 9.58 Å². The number of carbonyl (C=O) groups is 1. The Hall–Kier alpha value is -1.13. The molecule has 19 heavy (non-hydrogen) atoms. The second-order valence-electron chi connectivity index (χ2n) is 5.10. The molecule has 1 atom stereocenters. The number of carbonyl (C=O) groups excluding carboxylic acids is 1. The normalized spacial score (nSPS) is 21.4. The minimum absolute atomic E-state index is 0.246. The quantitative estimate of drug-likeness (QED) is 0.569. The van der Waals surface area contributed by atoms with E-state index in [1.54, 1.807) is 6.92 Å². The molecule has 1 aliphatic heterocycles. The smallest absolute Gasteiger partial charge is 0.390 e. The lowest BCUT2D eigenvalue weighted by molar-refractivity contribution is -0.147. The number of ether oxygens (including phenoxy) is 1. The Labute approximate surface area is 114 Å². The van der Waals surface area contributed by atoms with Gasteiger partial charge in [0.25, 0.3) is 0 Å². The second kappa shape index (κ2) is 5.88. The third kappa shape index (κ3) is 3.67. The van der Waals surface area contributed by atoms with Crippen molar-refractivity contribution < 1.29 is 17.9 Å². The molecule has 0 aromatic carbocycles. The van der Waals surface area contributed by atoms with Crippen molar-refractivity contribution in [2.45, 2.75) is 32.7 Å². The van der Waals surface area contributed by atoms with E-state index in [-0.39, 0.29) is 6.61 Å². The molecule has 6 nitrogen and oxygen atoms in total. The SMILES string of the molecule is [C-]#[N+]C(C(=O)OCC)C1(C)CCN(S(C)(=O)=O)CC1. The number of nitrogens with zero attached hydrogens (tertiary/aromatic N) is 2. The maximum absolute atomic E-state index is 11.8. The van der Waals surface area contributed by atoms with Crippen LogP contribution in [0, 0.1) is 12.0 Å². The van der Waals surface area contributed by atoms with Gasteiger partial charge in [-0.05, 0) is 19.8 Å². The molecular weight excluding hydrogens is 268 g/mol. The van der Waals surface area contributed by atoms with Crippen LogP contribution in [0.1, 0.15) is 26.7 Å². The monoisotopic (exact) mass is 288 g/mol. The molecule has 1 heterocycles. The molecule has 0 aliphatic carbocycles. The standard InChI is InChI=1S/C12H20N2O4S/c1-5-18-11(15)10(13-3)12(2)6-8-14(9-7-12)19(4,16)17/h10H,5-9H2,1-2,4H3. The van der Waals surface area contributed by atoms with Gasteiger partial charge in [0.2, 0.25) is 10.0 Å². The van der Waals surface area contributed by atoms with Crippen LogP contribution in [0.3, 0.4) is 0 Å². The van der Waals surface area contributed by atoms with Gasteiger partial charge in [0.1, 0.15) is 0 Å². The molecule has 0 saturated carbocycles. The lowest BCUT2D eigenvalue weighted by Crippen LogP contribution is -2.48. The molecule has 1 saturated heterocycles. The summed E-state index contributed by atoms with van der Waals surface area (Å²) in [6.45, 7) is 11.7. The molecule has 0 aromatic rings. The number of sulfonamides is 1. The van der Waals surface area contributed by atoms with E-state index >= 15 is 0 Å². The molecule has 1 rings (SSSR count). The molecule has 1 aliphatic rings. The highest BCUT2D eigenvalue weighted by atomic mass is 32.2. The molecule has 0 N–H and O–H groups in total. The van der Waals surface area contributed by atoms with Gasteiger partial charge in [-0.15, -0.1) is 0 Å². The van der Waals surface area contributed by atoms with Crippen molar-refractivity contribution in [1.82, 2.24) is 4.31 Å². The summed E-state index contributed by atoms with van der Waals surface area (Å²) < 4.78 is 29.2. The molecule has 0 aromatic heterocycles. The van der Waals surface area contributed by atoms with Crippen molar-refractivity contribution in [3.05, 3.63) is 11.4 Å². The van der Waals surface area contributed by atoms with E-state index in [1.165, 1.54) is 10.6 Å². The highest BCUT2D eigenvalue weighted by Crippen LogP contribution is 2.37. The Balaban J connectivity index is 2.79. The van der Waals surface area contributed by atoms with Gasteiger partial charge in [0, 0.05) is 13.1 Å². The molecular formula is C12H20N2O4S. The van der Waals surface area contributed by atoms with E-state index < -0.39 is 27.4 Å². The fourth-order valence-corrected chi connectivity index (χ4v) is 3.16. The van der Waals surface area contributed by atoms with Crippen LogP contribution in [0.5, 0.6) is 0 Å². The number of hydrogen-bond acceptors (Lipinski definition) is 4. The average Bonchev–Trinajstić information content (AvgIpc) is 2.29. The summed E-state index contributed by atoms with van der Waals surface area (Å²) in [5, 5.41) is 0. The van der Waals surface area contributed by atoms with E-state index in [0.29, 0.717) is 25.9 Å². The Bertz CT molecular complexity index is 472. The second-order valence-corrected chi connectivity index (χ2v) is 7.08. The molecule has 0 spiro atoms. The predicted molar refractivity (Wildman–Crippen MR) is 70.8 cm³/mol. The van der Waals surface area contributed by atoms with E-state index in [1.807, 2.05) is 6.92 Å². The van der Waals surface area contributed by atoms with Gasteiger partial charge in [-0.3, -0.25) is 0 Å². The van der Waals surface area contributed by atoms with Gasteiger partial charge in [0.15, 0.2) is 0 Å². The minimum atomic E-state index is -3.20. The Morgan fingerprint density at radius 3 is 2.37 bits per heavy atom. The van der Waals surface area contributed by atoms with E-state index in [9.17, 15) is 13.2 Å². The predicted octanol–water partition coefficient (Wildman–Crippen LogP) is 0.899. The van der Waals surface area contributed by atoms with Crippen LogP contribution in [0.15, 0.2) is 0 Å². The van der Waals surface area contributed by atoms with Crippen LogP contribution in [0.2, 0.25) is 0 Å². The Morgan fingerprint density at radius 1 is 1.47 bits per heavy atom. The third-order valence-electron chi connectivity index (χ3n) is 3.63. The molecule has 0 bridgehead atoms. The molecule has 1 fully saturated rings. The van der Waals surface area contributed by atoms with Crippen LogP contribution < -0.4 is 0 Å². The number of esters is 1. The zero-order valence-electron chi connectivity index (χ0n) is 11.5. The fraction of sp³-hybridized carbons (Fsp3) is 0.833. The third-order valence-corrected chi connectivity index (χ3v) is 4.94. The molecule has 0 amide bonds. The van der Waals surface area contributed by atoms with Crippen LogP contribution in [0.25, 0.3) is 4.85 Å². The first kappa shape index (κ1) is 15.9. The van der Waals surface area contributed by atoms with Crippen LogP contribution in [-0.2, 0) is 19.6 Å². The van der Waals surface area contributed by atoms with Gasteiger partial charge in [0.05, 0.1) is 18.3 Å². The Kier molecular flexibility index (Phi) is 4.93. The first-order chi connectivity index (χ1) is 8.74. The van der Waals surface area contributed by atoms with Gasteiger partial charge in [-0.1, -0.05) is 6.92 Å². The van der Waals surface area contributed by atoms with Crippen molar-refractivity contribution in [3.8, 4) is 0 Å². The van der Waals surface area contributed by atoms with Crippen molar-refractivity contribution in [2.75, 3.05) is 26.0 Å². The summed E-state index contributed by atoms with van der Waals surface area (Å²) in [7, 11) is -3.20. The molecule has 108 valence electrons. The maximum atomic E-state index is 11.8. The van der Waals surface area contributed by atoms with Crippen molar-refractivity contribution >= 4 is 16.0 Å². The minimum Gasteiger partial charge on any atom is -0.460 e. The fourth-order valence-electron chi connectivity index (χ4n) is 2.32. The van der Waals surface area contributed by atoms with Crippen LogP contribution >= 0.6 is 0 Å². The van der Waals surface area contributed by atoms with Crippen molar-refractivity contribution in [2.24, 2.45) is 5.41 Å². The highest BCUT2D eigenvalue weighted by Gasteiger charge is 2.48. The van der Waals surface area contributed by atoms with Crippen molar-refractivity contribution in [1.29, 1.82) is 0 Å². The average molecular weight is 288 g/mol. The zero-order valence-corrected chi connectivity index (χ0v) is 12.4. The van der Waals surface area contributed by atoms with E-state index in [4.69, 9.17) is 11.3 Å². The summed E-state index contributed by atoms with van der Waals surface area (Å²) in [4.78, 5) is 15.2. The number of piperidine rings is 1. The number of rotatable bonds is 4. The van der Waals surface area contributed by atoms with Crippen LogP contribution in [-0.4, -0.2) is 50.7 Å². The molecule has 0 radical (unpaired) electrons. The lowest BCUT2D eigenvalue weighted by Gasteiger charge is -2.37. The zero-order chi connectivity index (χ0) is 14.7. The summed E-state index contributed by atoms with van der Waals surface area (Å²) in [5.74, 6) is -0.507. The number of hydrogen-bond donors (Lipinski definition) is 0. The topological polar surface area (TPSA) is 68.0 Å². The van der Waals surface area contributed by atoms with E-state index in [0.717, 1.165) is 0 Å². The van der Waals surface area contributed by atoms with Gasteiger partial charge in [-0.25, -0.2) is 24.1 Å². The highest BCUT2D eigenvalue weighted by molar-refractivity contribution is 7.88. The largest absolute Gasteiger partial charge is 0.460 e. The van der Waals surface area contributed by atoms with Crippen LogP contribution in [0.4, 0.5) is 0 Å². The van der Waals surface area contributed by atoms with E-state index in [2.05, 4.69) is 4.85 Å². The lowest BCUT2D eigenvalue weighted by atomic mass is 9.75. The molecule has 7 heteroatoms. The summed E-state index contributed by atoms with van der Waals surface area (Å²) >= 11 is 0. The van der Waals surface area contributed by atoms with Gasteiger partial charge >= 0.3 is 12.0 Å². The first-order valence-corrected chi connectivity index (χ1v) is 8.08. The summed E-state index contributed by atoms with van der Waals surface area (Å²) in [6.07, 6.45) is 2.16. The first-order valence-electron chi connectivity index (χ1n) is 6.23. The Morgan fingerprint density at radius 2 is 2.00 bits per heavy atom. The van der Waals surface area contributed by atoms with Gasteiger partial charge in [-0.2, -0.15) is 0 Å². The summed E-state index contributed by atoms with van der Waals surface area (Å²) in [5.41, 5.74) is -0.519.